The molecule has 106 valence electrons. The molecule has 3 rings (SSSR count). The van der Waals surface area contributed by atoms with E-state index in [-0.39, 0.29) is 0 Å². The quantitative estimate of drug-likeness (QED) is 0.785. The van der Waals surface area contributed by atoms with E-state index in [1.54, 1.807) is 0 Å². The Morgan fingerprint density at radius 1 is 1.00 bits per heavy atom. The second-order valence-electron chi connectivity index (χ2n) is 5.09. The molecule has 1 heterocycles. The Morgan fingerprint density at radius 3 is 2.48 bits per heavy atom. The van der Waals surface area contributed by atoms with Crippen LogP contribution in [0.3, 0.4) is 0 Å². The highest BCUT2D eigenvalue weighted by molar-refractivity contribution is 5.58. The average Bonchev–Trinajstić information content (AvgIpc) is 3.03. The van der Waals surface area contributed by atoms with Crippen LogP contribution >= 0.6 is 0 Å². The van der Waals surface area contributed by atoms with E-state index in [1.165, 1.54) is 23.1 Å². The molecule has 3 aromatic rings. The van der Waals surface area contributed by atoms with Crippen molar-refractivity contribution in [1.29, 1.82) is 0 Å². The van der Waals surface area contributed by atoms with E-state index in [9.17, 15) is 0 Å². The Morgan fingerprint density at radius 2 is 1.81 bits per heavy atom. The van der Waals surface area contributed by atoms with Crippen LogP contribution in [-0.4, -0.2) is 10.2 Å². The summed E-state index contributed by atoms with van der Waals surface area (Å²) in [6.07, 6.45) is 1.33. The molecule has 0 saturated heterocycles. The summed E-state index contributed by atoms with van der Waals surface area (Å²) >= 11 is 0. The van der Waals surface area contributed by atoms with Crippen LogP contribution in [0.15, 0.2) is 53.3 Å². The summed E-state index contributed by atoms with van der Waals surface area (Å²) in [7, 11) is 0. The van der Waals surface area contributed by atoms with Crippen molar-refractivity contribution in [2.75, 3.05) is 5.32 Å². The molecule has 1 N–H and O–H groups in total. The van der Waals surface area contributed by atoms with Gasteiger partial charge in [0.25, 0.3) is 0 Å². The molecule has 0 unspecified atom stereocenters. The van der Waals surface area contributed by atoms with Crippen LogP contribution in [0, 0.1) is 13.8 Å². The normalized spacial score (nSPS) is 10.6. The van der Waals surface area contributed by atoms with Gasteiger partial charge in [-0.1, -0.05) is 18.2 Å². The zero-order valence-electron chi connectivity index (χ0n) is 12.1. The molecule has 1 aromatic heterocycles. The number of aromatic nitrogens is 2. The van der Waals surface area contributed by atoms with Crippen molar-refractivity contribution in [3.05, 3.63) is 65.5 Å². The Balaban J connectivity index is 1.66. The molecule has 0 saturated carbocycles. The summed E-state index contributed by atoms with van der Waals surface area (Å²) in [4.78, 5) is 0. The molecule has 0 aliphatic carbocycles. The van der Waals surface area contributed by atoms with Gasteiger partial charge in [0.1, 0.15) is 0 Å². The topological polar surface area (TPSA) is 51.0 Å². The monoisotopic (exact) mass is 279 g/mol. The number of nitrogens with one attached hydrogen (secondary N) is 1. The second-order valence-corrected chi connectivity index (χ2v) is 5.09. The number of rotatable bonds is 4. The lowest BCUT2D eigenvalue weighted by Gasteiger charge is -2.09. The van der Waals surface area contributed by atoms with E-state index >= 15 is 0 Å². The molecule has 0 aliphatic heterocycles. The van der Waals surface area contributed by atoms with Crippen molar-refractivity contribution in [1.82, 2.24) is 10.2 Å². The zero-order valence-corrected chi connectivity index (χ0v) is 12.1. The fourth-order valence-corrected chi connectivity index (χ4v) is 2.15. The van der Waals surface area contributed by atoms with Gasteiger partial charge in [0.2, 0.25) is 12.3 Å². The summed E-state index contributed by atoms with van der Waals surface area (Å²) in [6, 6.07) is 14.5. The van der Waals surface area contributed by atoms with E-state index in [1.807, 2.05) is 24.3 Å². The van der Waals surface area contributed by atoms with Crippen LogP contribution in [-0.2, 0) is 6.54 Å². The van der Waals surface area contributed by atoms with Gasteiger partial charge in [-0.2, -0.15) is 0 Å². The van der Waals surface area contributed by atoms with Gasteiger partial charge in [0.05, 0.1) is 0 Å². The maximum atomic E-state index is 5.17. The minimum Gasteiger partial charge on any atom is -0.423 e. The third-order valence-corrected chi connectivity index (χ3v) is 3.56. The molecular weight excluding hydrogens is 262 g/mol. The first-order valence-electron chi connectivity index (χ1n) is 6.89. The first-order valence-corrected chi connectivity index (χ1v) is 6.89. The lowest BCUT2D eigenvalue weighted by atomic mass is 10.1. The van der Waals surface area contributed by atoms with Crippen molar-refractivity contribution in [2.24, 2.45) is 0 Å². The summed E-state index contributed by atoms with van der Waals surface area (Å²) in [5.74, 6) is 0.538. The van der Waals surface area contributed by atoms with Crippen molar-refractivity contribution in [3.8, 4) is 11.5 Å². The van der Waals surface area contributed by atoms with Gasteiger partial charge in [-0.3, -0.25) is 0 Å². The van der Waals surface area contributed by atoms with Gasteiger partial charge in [0, 0.05) is 17.8 Å². The molecule has 0 amide bonds. The largest absolute Gasteiger partial charge is 0.423 e. The fourth-order valence-electron chi connectivity index (χ4n) is 2.15. The van der Waals surface area contributed by atoms with E-state index in [0.717, 1.165) is 17.8 Å². The van der Waals surface area contributed by atoms with Gasteiger partial charge in [-0.15, -0.1) is 10.2 Å². The van der Waals surface area contributed by atoms with Gasteiger partial charge >= 0.3 is 0 Å². The first kappa shape index (κ1) is 13.4. The van der Waals surface area contributed by atoms with Gasteiger partial charge < -0.3 is 9.73 Å². The first-order chi connectivity index (χ1) is 10.2. The fraction of sp³-hybridized carbons (Fsp3) is 0.176. The number of anilines is 1. The van der Waals surface area contributed by atoms with Crippen LogP contribution in [0.25, 0.3) is 11.5 Å². The van der Waals surface area contributed by atoms with Crippen molar-refractivity contribution >= 4 is 5.69 Å². The molecule has 0 radical (unpaired) electrons. The molecule has 21 heavy (non-hydrogen) atoms. The maximum absolute atomic E-state index is 5.17. The Bertz CT molecular complexity index is 718. The van der Waals surface area contributed by atoms with Gasteiger partial charge in [-0.05, 0) is 54.8 Å². The molecule has 4 heteroatoms. The lowest BCUT2D eigenvalue weighted by molar-refractivity contribution is 0.568. The highest BCUT2D eigenvalue weighted by Gasteiger charge is 2.03. The standard InChI is InChI=1S/C17H17N3O/c1-12-3-4-14(9-13(12)2)10-18-16-7-5-15(6-8-16)17-20-19-11-21-17/h3-9,11,18H,10H2,1-2H3. The Labute approximate surface area is 123 Å². The predicted octanol–water partition coefficient (Wildman–Crippen LogP) is 3.97. The molecule has 2 aromatic carbocycles. The number of aryl methyl sites for hydroxylation is 2. The van der Waals surface area contributed by atoms with Gasteiger partial charge in [-0.25, -0.2) is 0 Å². The van der Waals surface area contributed by atoms with Crippen molar-refractivity contribution in [3.63, 3.8) is 0 Å². The van der Waals surface area contributed by atoms with E-state index in [0.29, 0.717) is 5.89 Å². The number of hydrogen-bond acceptors (Lipinski definition) is 4. The highest BCUT2D eigenvalue weighted by Crippen LogP contribution is 2.19. The molecule has 0 aliphatic rings. The third-order valence-electron chi connectivity index (χ3n) is 3.56. The average molecular weight is 279 g/mol. The predicted molar refractivity (Wildman–Crippen MR) is 83.0 cm³/mol. The summed E-state index contributed by atoms with van der Waals surface area (Å²) < 4.78 is 5.17. The second kappa shape index (κ2) is 5.79. The van der Waals surface area contributed by atoms with Crippen molar-refractivity contribution < 1.29 is 4.42 Å². The Hall–Kier alpha value is -2.62. The van der Waals surface area contributed by atoms with Gasteiger partial charge in [0.15, 0.2) is 0 Å². The minimum atomic E-state index is 0.538. The lowest BCUT2D eigenvalue weighted by Crippen LogP contribution is -2.00. The van der Waals surface area contributed by atoms with Crippen LogP contribution in [0.1, 0.15) is 16.7 Å². The van der Waals surface area contributed by atoms with Crippen LogP contribution in [0.2, 0.25) is 0 Å². The van der Waals surface area contributed by atoms with Crippen LogP contribution in [0.5, 0.6) is 0 Å². The summed E-state index contributed by atoms with van der Waals surface area (Å²) in [5, 5.41) is 11.0. The summed E-state index contributed by atoms with van der Waals surface area (Å²) in [6.45, 7) is 5.07. The molecule has 4 nitrogen and oxygen atoms in total. The smallest absolute Gasteiger partial charge is 0.247 e. The van der Waals surface area contributed by atoms with E-state index in [4.69, 9.17) is 4.42 Å². The molecule has 0 fully saturated rings. The van der Waals surface area contributed by atoms with E-state index in [2.05, 4.69) is 47.6 Å². The maximum Gasteiger partial charge on any atom is 0.247 e. The SMILES string of the molecule is Cc1ccc(CNc2ccc(-c3nnco3)cc2)cc1C. The molecule has 0 spiro atoms. The van der Waals surface area contributed by atoms with Crippen LogP contribution in [0.4, 0.5) is 5.69 Å². The zero-order chi connectivity index (χ0) is 14.7. The van der Waals surface area contributed by atoms with Crippen molar-refractivity contribution in [2.45, 2.75) is 20.4 Å². The Kier molecular flexibility index (Phi) is 3.69. The number of hydrogen-bond donors (Lipinski definition) is 1. The minimum absolute atomic E-state index is 0.538. The molecular formula is C17H17N3O. The highest BCUT2D eigenvalue weighted by atomic mass is 16.4. The number of nitrogens with zero attached hydrogens (tertiary/aromatic N) is 2. The third kappa shape index (κ3) is 3.11. The molecule has 0 atom stereocenters. The number of benzene rings is 2. The summed E-state index contributed by atoms with van der Waals surface area (Å²) in [5.41, 5.74) is 5.91. The van der Waals surface area contributed by atoms with E-state index < -0.39 is 0 Å². The molecule has 0 bridgehead atoms. The van der Waals surface area contributed by atoms with Crippen LogP contribution < -0.4 is 5.32 Å².